The number of amides is 2. The molecule has 0 aromatic carbocycles. The molecule has 2 aromatic rings. The van der Waals surface area contributed by atoms with Crippen LogP contribution in [0.2, 0.25) is 0 Å². The quantitative estimate of drug-likeness (QED) is 0.896. The molecule has 0 radical (unpaired) electrons. The molecule has 3 fully saturated rings. The smallest absolute Gasteiger partial charge is 0.317 e. The maximum absolute atomic E-state index is 12.5. The number of hydrogen-bond donors (Lipinski definition) is 2. The minimum atomic E-state index is -0.132. The zero-order valence-corrected chi connectivity index (χ0v) is 14.3. The first-order chi connectivity index (χ1) is 11.6. The Hall–Kier alpha value is -1.89. The molecule has 2 amide bonds. The Morgan fingerprint density at radius 1 is 1.42 bits per heavy atom. The predicted molar refractivity (Wildman–Crippen MR) is 91.8 cm³/mol. The maximum Gasteiger partial charge on any atom is 0.317 e. The molecule has 5 rings (SSSR count). The monoisotopic (exact) mass is 344 g/mol. The molecule has 0 aliphatic heterocycles. The first-order valence-corrected chi connectivity index (χ1v) is 9.48. The Bertz CT molecular complexity index is 859. The second-order valence-electron chi connectivity index (χ2n) is 7.47. The van der Waals surface area contributed by atoms with Crippen LogP contribution in [-0.2, 0) is 6.54 Å². The summed E-state index contributed by atoms with van der Waals surface area (Å²) in [6.45, 7) is 0.307. The van der Waals surface area contributed by atoms with Gasteiger partial charge in [0.2, 0.25) is 0 Å². The van der Waals surface area contributed by atoms with Crippen molar-refractivity contribution in [1.29, 1.82) is 0 Å². The van der Waals surface area contributed by atoms with E-state index in [-0.39, 0.29) is 11.6 Å². The Morgan fingerprint density at radius 3 is 2.92 bits per heavy atom. The lowest BCUT2D eigenvalue weighted by Crippen LogP contribution is -2.40. The normalized spacial score (nSPS) is 32.8. The summed E-state index contributed by atoms with van der Waals surface area (Å²) in [5, 5.41) is 5.05. The largest absolute Gasteiger partial charge is 0.335 e. The number of hydrogen-bond acceptors (Lipinski definition) is 4. The number of carbonyl (C=O) groups excluding carboxylic acids is 1. The van der Waals surface area contributed by atoms with Gasteiger partial charge in [-0.3, -0.25) is 4.79 Å². The topological polar surface area (TPSA) is 78.1 Å². The van der Waals surface area contributed by atoms with Crippen molar-refractivity contribution in [3.05, 3.63) is 27.6 Å². The van der Waals surface area contributed by atoms with Crippen molar-refractivity contribution in [2.75, 3.05) is 7.05 Å². The molecule has 7 heteroatoms. The minimum Gasteiger partial charge on any atom is -0.335 e. The van der Waals surface area contributed by atoms with Gasteiger partial charge in [-0.2, -0.15) is 0 Å². The summed E-state index contributed by atoms with van der Waals surface area (Å²) in [4.78, 5) is 33.3. The van der Waals surface area contributed by atoms with Crippen LogP contribution in [0.5, 0.6) is 0 Å². The van der Waals surface area contributed by atoms with Gasteiger partial charge < -0.3 is 15.2 Å². The summed E-state index contributed by atoms with van der Waals surface area (Å²) in [6.07, 6.45) is 4.07. The Morgan fingerprint density at radius 2 is 2.17 bits per heavy atom. The van der Waals surface area contributed by atoms with Crippen LogP contribution in [0.15, 0.2) is 16.2 Å². The molecule has 2 bridgehead atoms. The van der Waals surface area contributed by atoms with Gasteiger partial charge in [0.15, 0.2) is 0 Å². The van der Waals surface area contributed by atoms with Crippen LogP contribution in [0, 0.1) is 23.7 Å². The molecule has 3 aliphatic carbocycles. The lowest BCUT2D eigenvalue weighted by atomic mass is 10.0. The van der Waals surface area contributed by atoms with E-state index in [1.165, 1.54) is 30.6 Å². The number of fused-ring (bicyclic) bond motifs is 6. The van der Waals surface area contributed by atoms with Gasteiger partial charge in [-0.15, -0.1) is 11.3 Å². The summed E-state index contributed by atoms with van der Waals surface area (Å²) in [5.41, 5.74) is 0.563. The fourth-order valence-corrected chi connectivity index (χ4v) is 5.79. The van der Waals surface area contributed by atoms with Crippen molar-refractivity contribution in [3.8, 4) is 0 Å². The van der Waals surface area contributed by atoms with Crippen LogP contribution in [-0.4, -0.2) is 34.0 Å². The Labute approximate surface area is 143 Å². The second kappa shape index (κ2) is 5.05. The van der Waals surface area contributed by atoms with E-state index < -0.39 is 0 Å². The van der Waals surface area contributed by atoms with Gasteiger partial charge in [0.1, 0.15) is 10.5 Å². The van der Waals surface area contributed by atoms with E-state index in [9.17, 15) is 9.59 Å². The number of nitrogens with zero attached hydrogens (tertiary/aromatic N) is 2. The molecule has 24 heavy (non-hydrogen) atoms. The van der Waals surface area contributed by atoms with Gasteiger partial charge >= 0.3 is 6.03 Å². The predicted octanol–water partition coefficient (Wildman–Crippen LogP) is 2.17. The van der Waals surface area contributed by atoms with Crippen molar-refractivity contribution in [3.63, 3.8) is 0 Å². The molecule has 0 spiro atoms. The highest BCUT2D eigenvalue weighted by Crippen LogP contribution is 2.65. The Kier molecular flexibility index (Phi) is 3.04. The molecular formula is C17H20N4O2S. The van der Waals surface area contributed by atoms with Crippen molar-refractivity contribution in [1.82, 2.24) is 20.2 Å². The molecule has 0 unspecified atom stereocenters. The van der Waals surface area contributed by atoms with E-state index in [0.29, 0.717) is 28.6 Å². The summed E-state index contributed by atoms with van der Waals surface area (Å²) < 4.78 is 0.632. The first kappa shape index (κ1) is 14.5. The van der Waals surface area contributed by atoms with Gasteiger partial charge in [-0.25, -0.2) is 9.78 Å². The fourth-order valence-electron chi connectivity index (χ4n) is 5.06. The van der Waals surface area contributed by atoms with Crippen molar-refractivity contribution < 1.29 is 4.79 Å². The van der Waals surface area contributed by atoms with E-state index in [0.717, 1.165) is 23.7 Å². The van der Waals surface area contributed by atoms with Gasteiger partial charge in [-0.05, 0) is 54.4 Å². The minimum absolute atomic E-state index is 0.0677. The third kappa shape index (κ3) is 2.10. The number of aromatic amines is 1. The summed E-state index contributed by atoms with van der Waals surface area (Å²) >= 11 is 1.38. The zero-order chi connectivity index (χ0) is 16.4. The van der Waals surface area contributed by atoms with E-state index in [1.54, 1.807) is 11.9 Å². The van der Waals surface area contributed by atoms with Gasteiger partial charge in [0.05, 0.1) is 12.1 Å². The second-order valence-corrected chi connectivity index (χ2v) is 8.38. The average molecular weight is 344 g/mol. The van der Waals surface area contributed by atoms with Crippen LogP contribution in [0.25, 0.3) is 10.2 Å². The lowest BCUT2D eigenvalue weighted by Gasteiger charge is -2.19. The first-order valence-electron chi connectivity index (χ1n) is 8.60. The number of nitrogens with one attached hydrogen (secondary N) is 2. The van der Waals surface area contributed by atoms with E-state index in [2.05, 4.69) is 15.3 Å². The molecule has 2 N–H and O–H groups in total. The lowest BCUT2D eigenvalue weighted by molar-refractivity contribution is 0.203. The highest BCUT2D eigenvalue weighted by molar-refractivity contribution is 7.17. The molecular weight excluding hydrogens is 324 g/mol. The number of rotatable bonds is 3. The van der Waals surface area contributed by atoms with Crippen LogP contribution in [0.4, 0.5) is 4.79 Å². The number of carbonyl (C=O) groups is 1. The third-order valence-corrected chi connectivity index (χ3v) is 7.03. The number of thiophene rings is 1. The van der Waals surface area contributed by atoms with Gasteiger partial charge in [-0.1, -0.05) is 0 Å². The van der Waals surface area contributed by atoms with E-state index in [4.69, 9.17) is 0 Å². The molecule has 126 valence electrons. The van der Waals surface area contributed by atoms with Gasteiger partial charge in [0, 0.05) is 13.1 Å². The van der Waals surface area contributed by atoms with E-state index >= 15 is 0 Å². The molecule has 3 aliphatic rings. The van der Waals surface area contributed by atoms with Crippen molar-refractivity contribution in [2.24, 2.45) is 23.7 Å². The Balaban J connectivity index is 1.25. The van der Waals surface area contributed by atoms with Crippen LogP contribution < -0.4 is 10.9 Å². The molecule has 2 heterocycles. The maximum atomic E-state index is 12.5. The number of aromatic nitrogens is 2. The fraction of sp³-hybridized carbons (Fsp3) is 0.588. The zero-order valence-electron chi connectivity index (χ0n) is 13.5. The molecule has 4 atom stereocenters. The van der Waals surface area contributed by atoms with Crippen molar-refractivity contribution in [2.45, 2.75) is 31.8 Å². The summed E-state index contributed by atoms with van der Waals surface area (Å²) in [5.74, 6) is 3.66. The van der Waals surface area contributed by atoms with Crippen LogP contribution in [0.1, 0.15) is 25.1 Å². The van der Waals surface area contributed by atoms with E-state index in [1.807, 2.05) is 11.4 Å². The molecule has 6 nitrogen and oxygen atoms in total. The van der Waals surface area contributed by atoms with Crippen molar-refractivity contribution >= 4 is 27.6 Å². The molecule has 0 saturated heterocycles. The molecule has 3 saturated carbocycles. The SMILES string of the molecule is CN(Cc1nc2ccsc2c(=O)[nH]1)C(=O)NC1[C@H]2[C@H]3CC[C@@H](C3)[C@H]12. The standard InChI is InChI=1S/C17H20N4O2S/c1-21(7-11-18-10-4-5-24-15(10)16(22)19-11)17(23)20-14-12-8-2-3-9(6-8)13(12)14/h4-5,8-9,12-14H,2-3,6-7H2,1H3,(H,20,23)(H,18,19,22)/t8-,9-,12-,13-/m0/s1. The highest BCUT2D eigenvalue weighted by atomic mass is 32.1. The number of H-pyrrole nitrogens is 1. The average Bonchev–Trinajstić information content (AvgIpc) is 2.97. The van der Waals surface area contributed by atoms with Crippen LogP contribution >= 0.6 is 11.3 Å². The summed E-state index contributed by atoms with van der Waals surface area (Å²) in [7, 11) is 1.75. The highest BCUT2D eigenvalue weighted by Gasteiger charge is 2.65. The number of urea groups is 1. The summed E-state index contributed by atoms with van der Waals surface area (Å²) in [6, 6.07) is 2.14. The van der Waals surface area contributed by atoms with Crippen LogP contribution in [0.3, 0.4) is 0 Å². The third-order valence-electron chi connectivity index (χ3n) is 6.12. The van der Waals surface area contributed by atoms with Gasteiger partial charge in [0.25, 0.3) is 5.56 Å². The molecule has 2 aromatic heterocycles.